The van der Waals surface area contributed by atoms with Crippen LogP contribution in [-0.2, 0) is 4.74 Å². The van der Waals surface area contributed by atoms with Gasteiger partial charge in [0, 0.05) is 23.4 Å². The first-order valence-electron chi connectivity index (χ1n) is 8.58. The van der Waals surface area contributed by atoms with Crippen molar-refractivity contribution in [2.75, 3.05) is 7.05 Å². The molecule has 2 heterocycles. The van der Waals surface area contributed by atoms with Crippen molar-refractivity contribution in [1.29, 1.82) is 5.26 Å². The predicted octanol–water partition coefficient (Wildman–Crippen LogP) is 4.53. The highest BCUT2D eigenvalue weighted by Gasteiger charge is 2.38. The fourth-order valence-electron chi connectivity index (χ4n) is 3.48. The van der Waals surface area contributed by atoms with Crippen LogP contribution in [0.2, 0.25) is 0 Å². The summed E-state index contributed by atoms with van der Waals surface area (Å²) >= 11 is 5.11. The minimum absolute atomic E-state index is 0.0366. The van der Waals surface area contributed by atoms with Crippen LogP contribution in [0.4, 0.5) is 0 Å². The van der Waals surface area contributed by atoms with E-state index in [1.165, 1.54) is 5.01 Å². The first kappa shape index (κ1) is 19.5. The third-order valence-corrected chi connectivity index (χ3v) is 6.31. The quantitative estimate of drug-likeness (QED) is 0.522. The monoisotopic (exact) mass is 444 g/mol. The Balaban J connectivity index is 2.26. The smallest absolute Gasteiger partial charge is 0.212 e. The van der Waals surface area contributed by atoms with Crippen LogP contribution in [0.1, 0.15) is 35.6 Å². The number of halogens is 1. The molecule has 1 aliphatic rings. The molecular weight excluding hydrogens is 424 g/mol. The molecule has 1 aromatic heterocycles. The van der Waals surface area contributed by atoms with E-state index in [-0.39, 0.29) is 17.7 Å². The van der Waals surface area contributed by atoms with Gasteiger partial charge in [-0.1, -0.05) is 37.3 Å². The lowest BCUT2D eigenvalue weighted by molar-refractivity contribution is 0.164. The van der Waals surface area contributed by atoms with E-state index in [1.54, 1.807) is 18.4 Å². The summed E-state index contributed by atoms with van der Waals surface area (Å²) in [6, 6.07) is 16.4. The maximum absolute atomic E-state index is 9.83. The molecule has 0 aliphatic carbocycles. The van der Waals surface area contributed by atoms with Crippen molar-refractivity contribution in [1.82, 2.24) is 5.01 Å². The SMILES string of the molecule is CCC(C1=C(N(C)N)OC(N)=C(C#N)C1c1ccc(Br)s1)c1ccccc1. The zero-order valence-electron chi connectivity index (χ0n) is 15.1. The molecule has 0 spiro atoms. The van der Waals surface area contributed by atoms with Crippen LogP contribution in [0.5, 0.6) is 0 Å². The molecule has 4 N–H and O–H groups in total. The van der Waals surface area contributed by atoms with Crippen molar-refractivity contribution in [3.8, 4) is 6.07 Å². The zero-order valence-corrected chi connectivity index (χ0v) is 17.5. The first-order valence-corrected chi connectivity index (χ1v) is 10.2. The van der Waals surface area contributed by atoms with Crippen LogP contribution >= 0.6 is 27.3 Å². The maximum Gasteiger partial charge on any atom is 0.212 e. The number of thiophene rings is 1. The molecule has 0 saturated carbocycles. The molecule has 0 bridgehead atoms. The molecule has 0 radical (unpaired) electrons. The van der Waals surface area contributed by atoms with Gasteiger partial charge in [-0.15, -0.1) is 11.3 Å². The average molecular weight is 445 g/mol. The molecule has 140 valence electrons. The Morgan fingerprint density at radius 3 is 2.52 bits per heavy atom. The Morgan fingerprint density at radius 1 is 1.30 bits per heavy atom. The summed E-state index contributed by atoms with van der Waals surface area (Å²) in [5.74, 6) is 6.44. The maximum atomic E-state index is 9.83. The lowest BCUT2D eigenvalue weighted by Crippen LogP contribution is -2.34. The fraction of sp³-hybridized carbons (Fsp3) is 0.250. The van der Waals surface area contributed by atoms with Gasteiger partial charge in [-0.2, -0.15) is 5.26 Å². The van der Waals surface area contributed by atoms with E-state index in [2.05, 4.69) is 41.1 Å². The fourth-order valence-corrected chi connectivity index (χ4v) is 5.04. The number of benzene rings is 1. The topological polar surface area (TPSA) is 88.3 Å². The van der Waals surface area contributed by atoms with Crippen LogP contribution in [-0.4, -0.2) is 12.1 Å². The number of hydrogen-bond acceptors (Lipinski definition) is 6. The second-order valence-corrected chi connectivity index (χ2v) is 8.80. The van der Waals surface area contributed by atoms with Gasteiger partial charge in [0.05, 0.1) is 9.70 Å². The van der Waals surface area contributed by atoms with E-state index in [1.807, 2.05) is 30.3 Å². The zero-order chi connectivity index (χ0) is 19.6. The Bertz CT molecular complexity index is 927. The molecule has 0 amide bonds. The summed E-state index contributed by atoms with van der Waals surface area (Å²) < 4.78 is 6.83. The average Bonchev–Trinajstić information content (AvgIpc) is 3.09. The number of allylic oxidation sites excluding steroid dienone is 2. The largest absolute Gasteiger partial charge is 0.423 e. The number of nitriles is 1. The molecule has 2 aromatic rings. The minimum atomic E-state index is -0.300. The molecule has 27 heavy (non-hydrogen) atoms. The predicted molar refractivity (Wildman–Crippen MR) is 111 cm³/mol. The molecule has 7 heteroatoms. The highest BCUT2D eigenvalue weighted by atomic mass is 79.9. The summed E-state index contributed by atoms with van der Waals surface area (Å²) in [5.41, 5.74) is 8.62. The first-order chi connectivity index (χ1) is 13.0. The third kappa shape index (κ3) is 3.74. The Labute approximate surface area is 171 Å². The summed E-state index contributed by atoms with van der Waals surface area (Å²) in [6.45, 7) is 2.12. The van der Waals surface area contributed by atoms with Gasteiger partial charge in [0.25, 0.3) is 0 Å². The van der Waals surface area contributed by atoms with Crippen molar-refractivity contribution >= 4 is 27.3 Å². The van der Waals surface area contributed by atoms with Crippen LogP contribution in [0, 0.1) is 11.3 Å². The van der Waals surface area contributed by atoms with Gasteiger partial charge in [-0.05, 0) is 40.0 Å². The van der Waals surface area contributed by atoms with E-state index in [4.69, 9.17) is 16.3 Å². The van der Waals surface area contributed by atoms with Crippen molar-refractivity contribution in [2.45, 2.75) is 25.2 Å². The summed E-state index contributed by atoms with van der Waals surface area (Å²) in [7, 11) is 1.72. The number of nitrogens with zero attached hydrogens (tertiary/aromatic N) is 2. The summed E-state index contributed by atoms with van der Waals surface area (Å²) in [4.78, 5) is 1.02. The minimum Gasteiger partial charge on any atom is -0.423 e. The molecule has 5 nitrogen and oxygen atoms in total. The third-order valence-electron chi connectivity index (χ3n) is 4.62. The normalized spacial score (nSPS) is 18.1. The van der Waals surface area contributed by atoms with E-state index < -0.39 is 0 Å². The van der Waals surface area contributed by atoms with Crippen LogP contribution in [0.25, 0.3) is 0 Å². The lowest BCUT2D eigenvalue weighted by atomic mass is 9.77. The standard InChI is InChI=1S/C20H21BrN4OS/c1-3-13(12-7-5-4-6-8-12)18-17(15-9-10-16(21)27-15)14(11-22)19(23)26-20(18)25(2)24/h4-10,13,17H,3,23-24H2,1-2H3. The lowest BCUT2D eigenvalue weighted by Gasteiger charge is -2.35. The number of hydrogen-bond donors (Lipinski definition) is 2. The van der Waals surface area contributed by atoms with E-state index in [0.29, 0.717) is 11.5 Å². The highest BCUT2D eigenvalue weighted by molar-refractivity contribution is 9.11. The Hall–Kier alpha value is -2.27. The van der Waals surface area contributed by atoms with Gasteiger partial charge in [0.15, 0.2) is 0 Å². The Kier molecular flexibility index (Phi) is 5.90. The molecule has 2 atom stereocenters. The molecule has 0 fully saturated rings. The summed E-state index contributed by atoms with van der Waals surface area (Å²) in [5, 5.41) is 11.3. The van der Waals surface area contributed by atoms with Crippen molar-refractivity contribution in [3.63, 3.8) is 0 Å². The molecule has 3 rings (SSSR count). The molecule has 2 unspecified atom stereocenters. The van der Waals surface area contributed by atoms with Gasteiger partial charge in [-0.3, -0.25) is 5.01 Å². The second-order valence-electron chi connectivity index (χ2n) is 6.31. The number of rotatable bonds is 5. The van der Waals surface area contributed by atoms with Gasteiger partial charge >= 0.3 is 0 Å². The number of ether oxygens (including phenoxy) is 1. The number of nitrogens with two attached hydrogens (primary N) is 2. The highest BCUT2D eigenvalue weighted by Crippen LogP contribution is 2.48. The van der Waals surface area contributed by atoms with Gasteiger partial charge in [0.1, 0.15) is 11.6 Å². The van der Waals surface area contributed by atoms with E-state index >= 15 is 0 Å². The molecule has 1 aromatic carbocycles. The van der Waals surface area contributed by atoms with Crippen LogP contribution < -0.4 is 11.6 Å². The van der Waals surface area contributed by atoms with Crippen molar-refractivity contribution in [2.24, 2.45) is 11.6 Å². The van der Waals surface area contributed by atoms with Gasteiger partial charge < -0.3 is 10.5 Å². The van der Waals surface area contributed by atoms with E-state index in [0.717, 1.165) is 26.2 Å². The van der Waals surface area contributed by atoms with E-state index in [9.17, 15) is 5.26 Å². The molecular formula is C20H21BrN4OS. The van der Waals surface area contributed by atoms with Crippen molar-refractivity contribution < 1.29 is 4.74 Å². The Morgan fingerprint density at radius 2 is 2.00 bits per heavy atom. The number of hydrazine groups is 1. The van der Waals surface area contributed by atoms with Gasteiger partial charge in [-0.25, -0.2) is 5.84 Å². The summed E-state index contributed by atoms with van der Waals surface area (Å²) in [6.07, 6.45) is 0.835. The van der Waals surface area contributed by atoms with Crippen molar-refractivity contribution in [3.05, 3.63) is 79.6 Å². The van der Waals surface area contributed by atoms with Gasteiger partial charge in [0.2, 0.25) is 11.8 Å². The van der Waals surface area contributed by atoms with Crippen LogP contribution in [0.3, 0.4) is 0 Å². The second kappa shape index (κ2) is 8.17. The molecule has 1 aliphatic heterocycles. The molecule has 0 saturated heterocycles. The van der Waals surface area contributed by atoms with Crippen LogP contribution in [0.15, 0.2) is 69.2 Å².